The molecule has 0 saturated heterocycles. The number of hydrogen-bond donors (Lipinski definition) is 7. The van der Waals surface area contributed by atoms with Gasteiger partial charge >= 0.3 is 6.18 Å². The molecule has 1 unspecified atom stereocenters. The van der Waals surface area contributed by atoms with Crippen LogP contribution in [0.15, 0.2) is 109 Å². The number of benzene rings is 6. The van der Waals surface area contributed by atoms with Gasteiger partial charge in [-0.15, -0.1) is 0 Å². The zero-order valence-electron chi connectivity index (χ0n) is 31.4. The maximum Gasteiger partial charge on any atom is 0.416 e. The number of nitrogens with one attached hydrogen (secondary N) is 1. The van der Waals surface area contributed by atoms with Gasteiger partial charge in [0.1, 0.15) is 0 Å². The van der Waals surface area contributed by atoms with E-state index in [0.29, 0.717) is 11.7 Å². The van der Waals surface area contributed by atoms with Gasteiger partial charge in [0.15, 0.2) is 0 Å². The van der Waals surface area contributed by atoms with Crippen LogP contribution in [0.3, 0.4) is 0 Å². The van der Waals surface area contributed by atoms with Crippen LogP contribution in [0.5, 0.6) is 0 Å². The Morgan fingerprint density at radius 2 is 0.906 bits per heavy atom. The molecule has 6 aromatic rings. The summed E-state index contributed by atoms with van der Waals surface area (Å²) in [5, 5.41) is 9.93. The number of rotatable bonds is 3. The second-order valence-electron chi connectivity index (χ2n) is 11.8. The maximum absolute atomic E-state index is 11.9. The van der Waals surface area contributed by atoms with Crippen LogP contribution in [0.2, 0.25) is 0 Å². The molecule has 7 nitrogen and oxygen atoms in total. The molecule has 13 N–H and O–H groups in total. The summed E-state index contributed by atoms with van der Waals surface area (Å²) in [7, 11) is 0. The fraction of sp³-hybridized carbons (Fsp3) is 0.209. The number of halogens is 3. The third-order valence-electron chi connectivity index (χ3n) is 8.13. The Labute approximate surface area is 311 Å². The highest BCUT2D eigenvalue weighted by Crippen LogP contribution is 2.29. The van der Waals surface area contributed by atoms with Crippen molar-refractivity contribution in [3.8, 4) is 0 Å². The van der Waals surface area contributed by atoms with Gasteiger partial charge in [0.25, 0.3) is 0 Å². The SMILES string of the molecule is C/C=c1/c(N)ccc(NC(C)CC)/c1=C/C.CC.Nc1ccc(C(F)(F)F)cc1.Nc1ccc(N)c2ccccc12.Nc1ccc(N)c2ccccc12. The van der Waals surface area contributed by atoms with Crippen molar-refractivity contribution in [2.45, 2.75) is 60.2 Å². The predicted molar refractivity (Wildman–Crippen MR) is 227 cm³/mol. The first-order chi connectivity index (χ1) is 25.2. The van der Waals surface area contributed by atoms with Crippen LogP contribution < -0.4 is 50.2 Å². The van der Waals surface area contributed by atoms with Gasteiger partial charge in [-0.3, -0.25) is 0 Å². The molecule has 6 rings (SSSR count). The van der Waals surface area contributed by atoms with Crippen molar-refractivity contribution in [2.75, 3.05) is 39.7 Å². The summed E-state index contributed by atoms with van der Waals surface area (Å²) in [6.45, 7) is 12.4. The monoisotopic (exact) mass is 725 g/mol. The van der Waals surface area contributed by atoms with Crippen LogP contribution in [-0.2, 0) is 6.18 Å². The fourth-order valence-corrected chi connectivity index (χ4v) is 5.14. The van der Waals surface area contributed by atoms with Crippen LogP contribution in [0.4, 0.5) is 53.0 Å². The van der Waals surface area contributed by atoms with Crippen molar-refractivity contribution in [1.82, 2.24) is 0 Å². The van der Waals surface area contributed by atoms with Crippen molar-refractivity contribution in [1.29, 1.82) is 0 Å². The topological polar surface area (TPSA) is 168 Å². The lowest BCUT2D eigenvalue weighted by Crippen LogP contribution is -2.32. The number of hydrogen-bond acceptors (Lipinski definition) is 7. The molecular formula is C43H54F3N7. The largest absolute Gasteiger partial charge is 0.416 e. The molecule has 0 aliphatic carbocycles. The first kappa shape index (κ1) is 43.1. The minimum absolute atomic E-state index is 0.331. The second-order valence-corrected chi connectivity index (χ2v) is 11.8. The van der Waals surface area contributed by atoms with Crippen LogP contribution >= 0.6 is 0 Å². The molecule has 0 saturated carbocycles. The summed E-state index contributed by atoms with van der Waals surface area (Å²) < 4.78 is 35.6. The van der Waals surface area contributed by atoms with Gasteiger partial charge in [0.2, 0.25) is 0 Å². The summed E-state index contributed by atoms with van der Waals surface area (Å²) >= 11 is 0. The van der Waals surface area contributed by atoms with Gasteiger partial charge in [-0.25, -0.2) is 0 Å². The lowest BCUT2D eigenvalue weighted by molar-refractivity contribution is -0.137. The van der Waals surface area contributed by atoms with E-state index in [9.17, 15) is 13.2 Å². The van der Waals surface area contributed by atoms with Gasteiger partial charge in [0.05, 0.1) is 5.56 Å². The molecule has 0 heterocycles. The van der Waals surface area contributed by atoms with Crippen LogP contribution in [0.1, 0.15) is 53.5 Å². The van der Waals surface area contributed by atoms with Crippen LogP contribution in [-0.4, -0.2) is 6.04 Å². The predicted octanol–water partition coefficient (Wildman–Crippen LogP) is 9.40. The molecule has 0 aliphatic heterocycles. The van der Waals surface area contributed by atoms with Gasteiger partial charge in [-0.2, -0.15) is 13.2 Å². The number of anilines is 7. The van der Waals surface area contributed by atoms with E-state index in [1.54, 1.807) is 0 Å². The second kappa shape index (κ2) is 20.7. The molecule has 0 bridgehead atoms. The molecule has 6 aromatic carbocycles. The first-order valence-corrected chi connectivity index (χ1v) is 17.5. The van der Waals surface area contributed by atoms with Crippen molar-refractivity contribution in [3.63, 3.8) is 0 Å². The van der Waals surface area contributed by atoms with Crippen LogP contribution in [0.25, 0.3) is 33.7 Å². The first-order valence-electron chi connectivity index (χ1n) is 17.5. The third-order valence-corrected chi connectivity index (χ3v) is 8.13. The van der Waals surface area contributed by atoms with E-state index in [1.807, 2.05) is 107 Å². The zero-order valence-corrected chi connectivity index (χ0v) is 31.4. The van der Waals surface area contributed by atoms with E-state index >= 15 is 0 Å². The van der Waals surface area contributed by atoms with Gasteiger partial charge in [-0.1, -0.05) is 81.5 Å². The normalized spacial score (nSPS) is 11.8. The van der Waals surface area contributed by atoms with E-state index < -0.39 is 11.7 Å². The van der Waals surface area contributed by atoms with Crippen molar-refractivity contribution >= 4 is 73.5 Å². The van der Waals surface area contributed by atoms with E-state index in [4.69, 9.17) is 34.4 Å². The molecule has 0 fully saturated rings. The molecule has 0 aliphatic rings. The van der Waals surface area contributed by atoms with Crippen LogP contribution in [0, 0.1) is 0 Å². The summed E-state index contributed by atoms with van der Waals surface area (Å²) in [6.07, 6.45) is 1.01. The van der Waals surface area contributed by atoms with E-state index in [2.05, 4.69) is 37.4 Å². The zero-order chi connectivity index (χ0) is 39.7. The highest BCUT2D eigenvalue weighted by Gasteiger charge is 2.29. The lowest BCUT2D eigenvalue weighted by Gasteiger charge is -2.14. The molecule has 0 amide bonds. The van der Waals surface area contributed by atoms with E-state index in [-0.39, 0.29) is 0 Å². The maximum atomic E-state index is 11.9. The van der Waals surface area contributed by atoms with E-state index in [1.165, 1.54) is 23.0 Å². The van der Waals surface area contributed by atoms with Gasteiger partial charge < -0.3 is 39.7 Å². The fourth-order valence-electron chi connectivity index (χ4n) is 5.14. The summed E-state index contributed by atoms with van der Waals surface area (Å²) in [5.41, 5.74) is 39.0. The minimum Gasteiger partial charge on any atom is -0.399 e. The number of nitrogens with two attached hydrogens (primary N) is 6. The third kappa shape index (κ3) is 12.3. The summed E-state index contributed by atoms with van der Waals surface area (Å²) in [5.74, 6) is 0. The molecule has 0 spiro atoms. The number of fused-ring (bicyclic) bond motifs is 2. The summed E-state index contributed by atoms with van der Waals surface area (Å²) in [6, 6.07) is 31.9. The Morgan fingerprint density at radius 1 is 0.547 bits per heavy atom. The Bertz CT molecular complexity index is 2000. The van der Waals surface area contributed by atoms with E-state index in [0.717, 1.165) is 73.8 Å². The lowest BCUT2D eigenvalue weighted by atomic mass is 10.1. The molecule has 282 valence electrons. The van der Waals surface area contributed by atoms with Gasteiger partial charge in [0, 0.05) is 77.8 Å². The Hall–Kier alpha value is -6.03. The highest BCUT2D eigenvalue weighted by atomic mass is 19.4. The molecule has 1 atom stereocenters. The Morgan fingerprint density at radius 3 is 1.23 bits per heavy atom. The average molecular weight is 726 g/mol. The smallest absolute Gasteiger partial charge is 0.399 e. The minimum atomic E-state index is -4.27. The molecule has 53 heavy (non-hydrogen) atoms. The standard InChI is InChI=1S/C14H22N2.2C10H10N2.C7H6F3N.C2H6/c1-5-10(4)16-14-9-8-13(15)11(6-2)12(14)7-3;2*11-9-5-6-10(12)8-4-2-1-3-7(8)9;8-7(9,10)5-1-3-6(11)4-2-5;1-2/h6-10,16H,5,15H2,1-4H3;2*1-6H,11-12H2;1-4H,11H2;1-2H3/b11-6+,12-7+;;;;. The highest BCUT2D eigenvalue weighted by molar-refractivity contribution is 6.01. The van der Waals surface area contributed by atoms with Crippen molar-refractivity contribution in [3.05, 3.63) is 125 Å². The molecule has 10 heteroatoms. The number of alkyl halides is 3. The van der Waals surface area contributed by atoms with Crippen molar-refractivity contribution < 1.29 is 13.2 Å². The molecular weight excluding hydrogens is 672 g/mol. The molecule has 0 aromatic heterocycles. The Balaban J connectivity index is 0.000000243. The van der Waals surface area contributed by atoms with Gasteiger partial charge in [-0.05, 0) is 87.9 Å². The average Bonchev–Trinajstić information content (AvgIpc) is 3.16. The number of nitrogen functional groups attached to an aromatic ring is 6. The molecule has 0 radical (unpaired) electrons. The van der Waals surface area contributed by atoms with Crippen molar-refractivity contribution in [2.24, 2.45) is 0 Å². The Kier molecular flexibility index (Phi) is 16.9. The summed E-state index contributed by atoms with van der Waals surface area (Å²) in [4.78, 5) is 0. The quantitative estimate of drug-likeness (QED) is 0.0892.